The summed E-state index contributed by atoms with van der Waals surface area (Å²) in [5, 5.41) is 0.480. The fraction of sp³-hybridized carbons (Fsp3) is 0.500. The maximum atomic E-state index is 12.3. The van der Waals surface area contributed by atoms with Crippen molar-refractivity contribution < 1.29 is 9.53 Å². The molecule has 1 fully saturated rings. The number of nitrogens with zero attached hydrogens (tertiary/aromatic N) is 2. The normalized spacial score (nSPS) is 21.3. The summed E-state index contributed by atoms with van der Waals surface area (Å²) in [6.45, 7) is 6.10. The van der Waals surface area contributed by atoms with E-state index in [9.17, 15) is 9.59 Å². The Hall–Kier alpha value is -2.21. The van der Waals surface area contributed by atoms with Crippen LogP contribution in [0, 0.1) is 5.92 Å². The molecule has 0 radical (unpaired) electrons. The summed E-state index contributed by atoms with van der Waals surface area (Å²) in [5.74, 6) is 0.870. The third-order valence-corrected chi connectivity index (χ3v) is 4.95. The molecule has 0 amide bonds. The predicted molar refractivity (Wildman–Crippen MR) is 92.0 cm³/mol. The van der Waals surface area contributed by atoms with Crippen LogP contribution in [0.2, 0.25) is 0 Å². The van der Waals surface area contributed by atoms with Gasteiger partial charge in [0.2, 0.25) is 0 Å². The molecule has 0 unspecified atom stereocenters. The van der Waals surface area contributed by atoms with Crippen molar-refractivity contribution in [2.45, 2.75) is 39.3 Å². The van der Waals surface area contributed by atoms with Gasteiger partial charge in [-0.15, -0.1) is 0 Å². The molecule has 3 rings (SSSR count). The molecule has 6 heteroatoms. The highest BCUT2D eigenvalue weighted by molar-refractivity contribution is 5.93. The summed E-state index contributed by atoms with van der Waals surface area (Å²) >= 11 is 0. The fourth-order valence-corrected chi connectivity index (χ4v) is 3.64. The maximum Gasteiger partial charge on any atom is 0.337 e. The van der Waals surface area contributed by atoms with Crippen LogP contribution in [-0.2, 0) is 11.3 Å². The second-order valence-corrected chi connectivity index (χ2v) is 6.45. The summed E-state index contributed by atoms with van der Waals surface area (Å²) < 4.78 is 4.73. The van der Waals surface area contributed by atoms with Gasteiger partial charge in [0.1, 0.15) is 5.82 Å². The smallest absolute Gasteiger partial charge is 0.337 e. The number of hydrogen-bond acceptors (Lipinski definition) is 5. The third kappa shape index (κ3) is 3.06. The van der Waals surface area contributed by atoms with Crippen LogP contribution in [0.4, 0.5) is 0 Å². The minimum absolute atomic E-state index is 0.174. The number of hydrogen-bond donors (Lipinski definition) is 1. The zero-order chi connectivity index (χ0) is 17.3. The highest BCUT2D eigenvalue weighted by Crippen LogP contribution is 2.27. The third-order valence-electron chi connectivity index (χ3n) is 4.95. The molecule has 2 heterocycles. The second-order valence-electron chi connectivity index (χ2n) is 6.45. The van der Waals surface area contributed by atoms with E-state index >= 15 is 0 Å². The van der Waals surface area contributed by atoms with Crippen molar-refractivity contribution in [1.29, 1.82) is 0 Å². The lowest BCUT2D eigenvalue weighted by molar-refractivity contribution is 0.0601. The number of H-pyrrole nitrogens is 1. The SMILES string of the molecule is CC[C@H]1[C@H](C)CCN1Cc1nc2cc(C(=O)OC)ccc2c(=O)[nH]1. The molecule has 1 aliphatic heterocycles. The molecule has 1 aliphatic rings. The van der Waals surface area contributed by atoms with Gasteiger partial charge in [0.25, 0.3) is 5.56 Å². The molecule has 0 bridgehead atoms. The number of likely N-dealkylation sites (tertiary alicyclic amines) is 1. The minimum atomic E-state index is -0.431. The van der Waals surface area contributed by atoms with Gasteiger partial charge in [-0.25, -0.2) is 9.78 Å². The van der Waals surface area contributed by atoms with E-state index in [0.29, 0.717) is 40.8 Å². The molecule has 2 aromatic rings. The maximum absolute atomic E-state index is 12.3. The van der Waals surface area contributed by atoms with Crippen molar-refractivity contribution in [1.82, 2.24) is 14.9 Å². The highest BCUT2D eigenvalue weighted by atomic mass is 16.5. The molecule has 1 saturated heterocycles. The summed E-state index contributed by atoms with van der Waals surface area (Å²) in [6.07, 6.45) is 2.26. The first-order valence-electron chi connectivity index (χ1n) is 8.38. The number of aromatic nitrogens is 2. The van der Waals surface area contributed by atoms with Gasteiger partial charge in [-0.05, 0) is 43.5 Å². The molecule has 1 N–H and O–H groups in total. The zero-order valence-electron chi connectivity index (χ0n) is 14.3. The van der Waals surface area contributed by atoms with E-state index in [2.05, 4.69) is 28.7 Å². The van der Waals surface area contributed by atoms with E-state index in [1.807, 2.05) is 0 Å². The fourth-order valence-electron chi connectivity index (χ4n) is 3.64. The number of rotatable bonds is 4. The van der Waals surface area contributed by atoms with Gasteiger partial charge in [0, 0.05) is 6.04 Å². The first-order chi connectivity index (χ1) is 11.5. The van der Waals surface area contributed by atoms with Gasteiger partial charge < -0.3 is 9.72 Å². The van der Waals surface area contributed by atoms with Crippen LogP contribution in [0.5, 0.6) is 0 Å². The Balaban J connectivity index is 1.94. The standard InChI is InChI=1S/C18H23N3O3/c1-4-15-11(2)7-8-21(15)10-16-19-14-9-12(18(23)24-3)5-6-13(14)17(22)20-16/h5-6,9,11,15H,4,7-8,10H2,1-3H3,(H,19,20,22)/t11-,15+/m1/s1. The van der Waals surface area contributed by atoms with E-state index in [-0.39, 0.29) is 5.56 Å². The lowest BCUT2D eigenvalue weighted by atomic mass is 10.0. The Morgan fingerprint density at radius 3 is 2.96 bits per heavy atom. The van der Waals surface area contributed by atoms with E-state index < -0.39 is 5.97 Å². The van der Waals surface area contributed by atoms with E-state index in [1.165, 1.54) is 13.5 Å². The Morgan fingerprint density at radius 2 is 2.25 bits per heavy atom. The summed E-state index contributed by atoms with van der Waals surface area (Å²) in [6, 6.07) is 5.33. The van der Waals surface area contributed by atoms with Crippen molar-refractivity contribution >= 4 is 16.9 Å². The number of carbonyl (C=O) groups is 1. The van der Waals surface area contributed by atoms with Crippen LogP contribution in [0.1, 0.15) is 42.9 Å². The molecule has 128 valence electrons. The van der Waals surface area contributed by atoms with Gasteiger partial charge in [-0.1, -0.05) is 13.8 Å². The Bertz CT molecular complexity index is 815. The number of nitrogens with one attached hydrogen (secondary N) is 1. The molecule has 1 aromatic heterocycles. The van der Waals surface area contributed by atoms with E-state index in [0.717, 1.165) is 13.0 Å². The number of methoxy groups -OCH3 is 1. The average Bonchev–Trinajstić information content (AvgIpc) is 2.93. The van der Waals surface area contributed by atoms with Crippen LogP contribution in [0.15, 0.2) is 23.0 Å². The summed E-state index contributed by atoms with van der Waals surface area (Å²) in [4.78, 5) is 33.8. The lowest BCUT2D eigenvalue weighted by Gasteiger charge is -2.25. The van der Waals surface area contributed by atoms with Gasteiger partial charge in [0.05, 0.1) is 30.1 Å². The second kappa shape index (κ2) is 6.73. The first-order valence-corrected chi connectivity index (χ1v) is 8.38. The molecule has 2 atom stereocenters. The highest BCUT2D eigenvalue weighted by Gasteiger charge is 2.29. The molecule has 0 spiro atoms. The number of carbonyl (C=O) groups excluding carboxylic acids is 1. The Kier molecular flexibility index (Phi) is 4.66. The lowest BCUT2D eigenvalue weighted by Crippen LogP contribution is -2.32. The van der Waals surface area contributed by atoms with E-state index in [4.69, 9.17) is 4.74 Å². The Morgan fingerprint density at radius 1 is 1.46 bits per heavy atom. The largest absolute Gasteiger partial charge is 0.465 e. The molecule has 0 aliphatic carbocycles. The molecule has 24 heavy (non-hydrogen) atoms. The van der Waals surface area contributed by atoms with Crippen molar-refractivity contribution in [2.24, 2.45) is 5.92 Å². The topological polar surface area (TPSA) is 75.3 Å². The van der Waals surface area contributed by atoms with Crippen molar-refractivity contribution in [3.05, 3.63) is 39.9 Å². The van der Waals surface area contributed by atoms with Gasteiger partial charge in [-0.2, -0.15) is 0 Å². The molecule has 6 nitrogen and oxygen atoms in total. The van der Waals surface area contributed by atoms with Crippen molar-refractivity contribution in [2.75, 3.05) is 13.7 Å². The van der Waals surface area contributed by atoms with Crippen LogP contribution in [0.3, 0.4) is 0 Å². The number of ether oxygens (including phenoxy) is 1. The number of esters is 1. The van der Waals surface area contributed by atoms with E-state index in [1.54, 1.807) is 18.2 Å². The predicted octanol–water partition coefficient (Wildman–Crippen LogP) is 2.33. The van der Waals surface area contributed by atoms with Crippen LogP contribution < -0.4 is 5.56 Å². The molecule has 1 aromatic carbocycles. The minimum Gasteiger partial charge on any atom is -0.465 e. The first kappa shape index (κ1) is 16.6. The summed E-state index contributed by atoms with van der Waals surface area (Å²) in [5.41, 5.74) is 0.749. The monoisotopic (exact) mass is 329 g/mol. The van der Waals surface area contributed by atoms with Crippen molar-refractivity contribution in [3.63, 3.8) is 0 Å². The Labute approximate surface area is 140 Å². The number of aromatic amines is 1. The average molecular weight is 329 g/mol. The van der Waals surface area contributed by atoms with Gasteiger partial charge in [-0.3, -0.25) is 9.69 Å². The van der Waals surface area contributed by atoms with Gasteiger partial charge >= 0.3 is 5.97 Å². The quantitative estimate of drug-likeness (QED) is 0.871. The van der Waals surface area contributed by atoms with Crippen LogP contribution >= 0.6 is 0 Å². The van der Waals surface area contributed by atoms with Crippen LogP contribution in [0.25, 0.3) is 10.9 Å². The van der Waals surface area contributed by atoms with Crippen LogP contribution in [-0.4, -0.2) is 40.5 Å². The molecular formula is C18H23N3O3. The number of benzene rings is 1. The zero-order valence-corrected chi connectivity index (χ0v) is 14.3. The molecular weight excluding hydrogens is 306 g/mol. The summed E-state index contributed by atoms with van der Waals surface area (Å²) in [7, 11) is 1.34. The molecule has 0 saturated carbocycles. The van der Waals surface area contributed by atoms with Crippen molar-refractivity contribution in [3.8, 4) is 0 Å². The van der Waals surface area contributed by atoms with Gasteiger partial charge in [0.15, 0.2) is 0 Å². The number of fused-ring (bicyclic) bond motifs is 1.